The fourth-order valence-electron chi connectivity index (χ4n) is 2.38. The fraction of sp³-hybridized carbons (Fsp3) is 0.632. The third-order valence-electron chi connectivity index (χ3n) is 3.97. The van der Waals surface area contributed by atoms with Gasteiger partial charge in [-0.25, -0.2) is 4.99 Å². The van der Waals surface area contributed by atoms with Crippen molar-refractivity contribution in [1.29, 1.82) is 0 Å². The Hall–Kier alpha value is -0.900. The highest BCUT2D eigenvalue weighted by molar-refractivity contribution is 14.0. The fourth-order valence-corrected chi connectivity index (χ4v) is 2.38. The molecule has 0 aromatic heterocycles. The highest BCUT2D eigenvalue weighted by atomic mass is 127. The summed E-state index contributed by atoms with van der Waals surface area (Å²) < 4.78 is 5.08. The molecule has 26 heavy (non-hydrogen) atoms. The summed E-state index contributed by atoms with van der Waals surface area (Å²) in [5, 5.41) is 17.2. The molecule has 150 valence electrons. The van der Waals surface area contributed by atoms with E-state index in [-0.39, 0.29) is 24.0 Å². The molecule has 6 nitrogen and oxygen atoms in total. The second-order valence-electron chi connectivity index (χ2n) is 6.41. The van der Waals surface area contributed by atoms with Gasteiger partial charge in [-0.1, -0.05) is 30.3 Å². The molecule has 1 aromatic carbocycles. The monoisotopic (exact) mass is 478 g/mol. The summed E-state index contributed by atoms with van der Waals surface area (Å²) in [6.07, 6.45) is 1.01. The second kappa shape index (κ2) is 14.2. The lowest BCUT2D eigenvalue weighted by atomic mass is 9.96. The van der Waals surface area contributed by atoms with Crippen LogP contribution in [0.1, 0.15) is 25.8 Å². The van der Waals surface area contributed by atoms with Crippen LogP contribution in [0, 0.1) is 0 Å². The number of nitrogens with one attached hydrogen (secondary N) is 2. The zero-order chi connectivity index (χ0) is 18.5. The van der Waals surface area contributed by atoms with Crippen molar-refractivity contribution in [2.45, 2.75) is 25.9 Å². The lowest BCUT2D eigenvalue weighted by molar-refractivity contribution is 0.0672. The largest absolute Gasteiger partial charge is 0.384 e. The predicted molar refractivity (Wildman–Crippen MR) is 119 cm³/mol. The van der Waals surface area contributed by atoms with E-state index in [0.29, 0.717) is 6.54 Å². The van der Waals surface area contributed by atoms with Crippen LogP contribution in [0.15, 0.2) is 35.3 Å². The molecule has 0 saturated carbocycles. The maximum atomic E-state index is 10.6. The molecule has 0 aliphatic rings. The van der Waals surface area contributed by atoms with E-state index in [9.17, 15) is 5.11 Å². The molecule has 3 N–H and O–H groups in total. The Morgan fingerprint density at radius 3 is 2.54 bits per heavy atom. The van der Waals surface area contributed by atoms with Gasteiger partial charge in [0.2, 0.25) is 0 Å². The van der Waals surface area contributed by atoms with E-state index in [2.05, 4.69) is 27.6 Å². The molecule has 0 radical (unpaired) electrons. The van der Waals surface area contributed by atoms with E-state index in [1.165, 1.54) is 0 Å². The number of guanidine groups is 1. The van der Waals surface area contributed by atoms with Crippen molar-refractivity contribution in [3.8, 4) is 0 Å². The van der Waals surface area contributed by atoms with E-state index in [4.69, 9.17) is 4.74 Å². The van der Waals surface area contributed by atoms with E-state index in [0.717, 1.165) is 50.7 Å². The van der Waals surface area contributed by atoms with Gasteiger partial charge in [0, 0.05) is 26.7 Å². The summed E-state index contributed by atoms with van der Waals surface area (Å²) in [4.78, 5) is 6.78. The molecular weight excluding hydrogens is 443 g/mol. The van der Waals surface area contributed by atoms with Gasteiger partial charge in [0.05, 0.1) is 13.2 Å². The van der Waals surface area contributed by atoms with Gasteiger partial charge in [0.15, 0.2) is 5.96 Å². The Labute approximate surface area is 175 Å². The molecule has 0 amide bonds. The highest BCUT2D eigenvalue weighted by Crippen LogP contribution is 2.20. The van der Waals surface area contributed by atoms with Crippen molar-refractivity contribution < 1.29 is 9.84 Å². The molecule has 0 bridgehead atoms. The Morgan fingerprint density at radius 1 is 1.23 bits per heavy atom. The molecule has 0 aliphatic heterocycles. The second-order valence-corrected chi connectivity index (χ2v) is 6.41. The Balaban J connectivity index is 0.00000625. The Kier molecular flexibility index (Phi) is 13.7. The van der Waals surface area contributed by atoms with Crippen molar-refractivity contribution in [1.82, 2.24) is 15.5 Å². The predicted octanol–water partition coefficient (Wildman–Crippen LogP) is 2.04. The molecule has 0 saturated heterocycles. The van der Waals surface area contributed by atoms with Crippen molar-refractivity contribution >= 4 is 29.9 Å². The molecule has 1 unspecified atom stereocenters. The van der Waals surface area contributed by atoms with Gasteiger partial charge < -0.3 is 25.4 Å². The van der Waals surface area contributed by atoms with Gasteiger partial charge in [-0.2, -0.15) is 0 Å². The summed E-state index contributed by atoms with van der Waals surface area (Å²) in [5.74, 6) is 0.734. The first kappa shape index (κ1) is 25.1. The van der Waals surface area contributed by atoms with Crippen molar-refractivity contribution in [2.24, 2.45) is 4.99 Å². The lowest BCUT2D eigenvalue weighted by Gasteiger charge is -2.22. The minimum Gasteiger partial charge on any atom is -0.384 e. The normalized spacial score (nSPS) is 13.8. The van der Waals surface area contributed by atoms with Crippen LogP contribution in [0.3, 0.4) is 0 Å². The zero-order valence-corrected chi connectivity index (χ0v) is 18.8. The van der Waals surface area contributed by atoms with Crippen LogP contribution in [-0.4, -0.2) is 69.5 Å². The van der Waals surface area contributed by atoms with Gasteiger partial charge in [0.25, 0.3) is 0 Å². The van der Waals surface area contributed by atoms with Crippen LogP contribution in [0.25, 0.3) is 0 Å². The standard InChI is InChI=1S/C19H34N4O2.HI/c1-5-20-18(21-12-9-13-23(3)14-15-25-4)22-16-19(2,24)17-10-7-6-8-11-17;/h6-8,10-11,24H,5,9,12-16H2,1-4H3,(H2,20,21,22);1H. The van der Waals surface area contributed by atoms with Crippen LogP contribution in [0.4, 0.5) is 0 Å². The summed E-state index contributed by atoms with van der Waals surface area (Å²) >= 11 is 0. The molecule has 0 spiro atoms. The number of nitrogens with zero attached hydrogens (tertiary/aromatic N) is 2. The highest BCUT2D eigenvalue weighted by Gasteiger charge is 2.22. The van der Waals surface area contributed by atoms with Gasteiger partial charge >= 0.3 is 0 Å². The topological polar surface area (TPSA) is 69.1 Å². The molecule has 0 aliphatic carbocycles. The number of likely N-dealkylation sites (N-methyl/N-ethyl adjacent to an activating group) is 1. The van der Waals surface area contributed by atoms with Gasteiger partial charge in [0.1, 0.15) is 5.60 Å². The third-order valence-corrected chi connectivity index (χ3v) is 3.97. The summed E-state index contributed by atoms with van der Waals surface area (Å²) in [6.45, 7) is 8.43. The average Bonchev–Trinajstić information content (AvgIpc) is 2.62. The van der Waals surface area contributed by atoms with Crippen molar-refractivity contribution in [2.75, 3.05) is 53.5 Å². The third kappa shape index (κ3) is 10.3. The number of halogens is 1. The van der Waals surface area contributed by atoms with Gasteiger partial charge in [-0.15, -0.1) is 24.0 Å². The first-order valence-electron chi connectivity index (χ1n) is 8.97. The molecule has 7 heteroatoms. The van der Waals surface area contributed by atoms with Crippen LogP contribution in [0.2, 0.25) is 0 Å². The first-order valence-corrected chi connectivity index (χ1v) is 8.97. The molecular formula is C19H35IN4O2. The van der Waals surface area contributed by atoms with E-state index < -0.39 is 5.60 Å². The molecule has 0 heterocycles. The number of ether oxygens (including phenoxy) is 1. The number of hydrogen-bond donors (Lipinski definition) is 3. The quantitative estimate of drug-likeness (QED) is 0.197. The maximum Gasteiger partial charge on any atom is 0.191 e. The molecule has 0 fully saturated rings. The first-order chi connectivity index (χ1) is 12.0. The number of aliphatic imine (C=N–C) groups is 1. The minimum atomic E-state index is -0.982. The Morgan fingerprint density at radius 2 is 1.92 bits per heavy atom. The summed E-state index contributed by atoms with van der Waals surface area (Å²) in [7, 11) is 3.81. The zero-order valence-electron chi connectivity index (χ0n) is 16.5. The summed E-state index contributed by atoms with van der Waals surface area (Å²) in [5.41, 5.74) is -0.112. The van der Waals surface area contributed by atoms with Crippen LogP contribution in [0.5, 0.6) is 0 Å². The number of benzene rings is 1. The number of methoxy groups -OCH3 is 1. The lowest BCUT2D eigenvalue weighted by Crippen LogP contribution is -2.40. The molecule has 1 aromatic rings. The molecule has 1 atom stereocenters. The smallest absolute Gasteiger partial charge is 0.191 e. The maximum absolute atomic E-state index is 10.6. The average molecular weight is 478 g/mol. The van der Waals surface area contributed by atoms with Gasteiger partial charge in [-0.3, -0.25) is 0 Å². The summed E-state index contributed by atoms with van der Waals surface area (Å²) in [6, 6.07) is 9.64. The van der Waals surface area contributed by atoms with Crippen LogP contribution in [-0.2, 0) is 10.3 Å². The molecule has 1 rings (SSSR count). The van der Waals surface area contributed by atoms with Crippen LogP contribution >= 0.6 is 24.0 Å². The number of aliphatic hydroxyl groups is 1. The number of hydrogen-bond acceptors (Lipinski definition) is 4. The Bertz CT molecular complexity index is 498. The van der Waals surface area contributed by atoms with E-state index >= 15 is 0 Å². The van der Waals surface area contributed by atoms with Crippen molar-refractivity contribution in [3.63, 3.8) is 0 Å². The van der Waals surface area contributed by atoms with E-state index in [1.54, 1.807) is 14.0 Å². The van der Waals surface area contributed by atoms with E-state index in [1.807, 2.05) is 37.3 Å². The minimum absolute atomic E-state index is 0. The van der Waals surface area contributed by atoms with Crippen LogP contribution < -0.4 is 10.6 Å². The van der Waals surface area contributed by atoms with Crippen molar-refractivity contribution in [3.05, 3.63) is 35.9 Å². The SMILES string of the molecule is CCNC(=NCC(C)(O)c1ccccc1)NCCCN(C)CCOC.I. The van der Waals surface area contributed by atoms with Gasteiger partial charge in [-0.05, 0) is 39.4 Å². The number of rotatable bonds is 11.